The largest absolute Gasteiger partial charge is 0.481 e. The van der Waals surface area contributed by atoms with Crippen LogP contribution in [-0.2, 0) is 16.0 Å². The van der Waals surface area contributed by atoms with Gasteiger partial charge in [-0.25, -0.2) is 0 Å². The number of para-hydroxylation sites is 1. The number of hydrogen-bond donors (Lipinski definition) is 1. The maximum Gasteiger partial charge on any atom is 0.307 e. The van der Waals surface area contributed by atoms with Crippen molar-refractivity contribution in [2.24, 2.45) is 11.8 Å². The van der Waals surface area contributed by atoms with Crippen molar-refractivity contribution in [2.75, 3.05) is 11.4 Å². The fraction of sp³-hybridized carbons (Fsp3) is 0.412. The first kappa shape index (κ1) is 13.9. The molecule has 1 aliphatic heterocycles. The third-order valence-corrected chi connectivity index (χ3v) is 4.44. The molecule has 1 N–H and O–H groups in total. The number of nitrogens with zero attached hydrogens (tertiary/aromatic N) is 1. The smallest absolute Gasteiger partial charge is 0.307 e. The molecule has 3 rings (SSSR count). The molecule has 2 atom stereocenters. The van der Waals surface area contributed by atoms with Crippen LogP contribution in [-0.4, -0.2) is 23.5 Å². The van der Waals surface area contributed by atoms with Gasteiger partial charge in [0.05, 0.1) is 11.8 Å². The monoisotopic (exact) mass is 285 g/mol. The minimum Gasteiger partial charge on any atom is -0.481 e. The van der Waals surface area contributed by atoms with E-state index >= 15 is 0 Å². The summed E-state index contributed by atoms with van der Waals surface area (Å²) < 4.78 is 0. The Morgan fingerprint density at radius 1 is 1.10 bits per heavy atom. The van der Waals surface area contributed by atoms with Crippen molar-refractivity contribution in [2.45, 2.75) is 25.7 Å². The van der Waals surface area contributed by atoms with E-state index < -0.39 is 17.8 Å². The summed E-state index contributed by atoms with van der Waals surface area (Å²) in [4.78, 5) is 26.0. The van der Waals surface area contributed by atoms with Gasteiger partial charge in [0.15, 0.2) is 0 Å². The minimum absolute atomic E-state index is 0.0427. The van der Waals surface area contributed by atoms with Crippen molar-refractivity contribution in [3.63, 3.8) is 0 Å². The zero-order chi connectivity index (χ0) is 14.8. The lowest BCUT2D eigenvalue weighted by molar-refractivity contribution is -0.146. The number of aliphatic carboxylic acids is 1. The molecule has 0 saturated carbocycles. The first-order chi connectivity index (χ1) is 10.2. The van der Waals surface area contributed by atoms with Crippen LogP contribution in [0.2, 0.25) is 0 Å². The van der Waals surface area contributed by atoms with Crippen LogP contribution in [0.15, 0.2) is 36.4 Å². The summed E-state index contributed by atoms with van der Waals surface area (Å²) in [6.45, 7) is 0.683. The number of carbonyl (C=O) groups is 2. The number of aryl methyl sites for hydroxylation is 1. The Bertz CT molecular complexity index is 593. The van der Waals surface area contributed by atoms with Crippen LogP contribution in [0, 0.1) is 11.8 Å². The highest BCUT2D eigenvalue weighted by Crippen LogP contribution is 2.33. The standard InChI is InChI=1S/C17H19NO3/c19-16(13-8-2-3-9-14(13)17(20)21)18-11-5-7-12-6-1-4-10-15(12)18/h1-4,6,10,13-14H,5,7-9,11H2,(H,20,21)/t13-,14+/m0/s1. The molecule has 0 fully saturated rings. The van der Waals surface area contributed by atoms with Crippen LogP contribution in [0.25, 0.3) is 0 Å². The average molecular weight is 285 g/mol. The summed E-state index contributed by atoms with van der Waals surface area (Å²) in [5.74, 6) is -1.96. The van der Waals surface area contributed by atoms with Crippen LogP contribution < -0.4 is 4.90 Å². The van der Waals surface area contributed by atoms with E-state index in [2.05, 4.69) is 0 Å². The van der Waals surface area contributed by atoms with Crippen LogP contribution in [0.1, 0.15) is 24.8 Å². The summed E-state index contributed by atoms with van der Waals surface area (Å²) in [5.41, 5.74) is 2.13. The van der Waals surface area contributed by atoms with Gasteiger partial charge in [0.1, 0.15) is 0 Å². The van der Waals surface area contributed by atoms with Crippen molar-refractivity contribution >= 4 is 17.6 Å². The number of carboxylic acids is 1. The molecule has 1 heterocycles. The second-order valence-electron chi connectivity index (χ2n) is 5.72. The van der Waals surface area contributed by atoms with Gasteiger partial charge in [0.25, 0.3) is 0 Å². The summed E-state index contributed by atoms with van der Waals surface area (Å²) in [6, 6.07) is 7.92. The van der Waals surface area contributed by atoms with Crippen LogP contribution >= 0.6 is 0 Å². The Balaban J connectivity index is 1.89. The third-order valence-electron chi connectivity index (χ3n) is 4.44. The lowest BCUT2D eigenvalue weighted by Gasteiger charge is -2.34. The summed E-state index contributed by atoms with van der Waals surface area (Å²) in [6.07, 6.45) is 6.68. The number of fused-ring (bicyclic) bond motifs is 1. The van der Waals surface area contributed by atoms with E-state index in [1.54, 1.807) is 4.90 Å². The molecule has 1 aromatic rings. The third kappa shape index (κ3) is 2.58. The van der Waals surface area contributed by atoms with Gasteiger partial charge in [-0.05, 0) is 37.3 Å². The van der Waals surface area contributed by atoms with E-state index in [4.69, 9.17) is 0 Å². The normalized spacial score (nSPS) is 24.5. The number of anilines is 1. The van der Waals surface area contributed by atoms with Crippen molar-refractivity contribution in [3.05, 3.63) is 42.0 Å². The Morgan fingerprint density at radius 3 is 2.57 bits per heavy atom. The van der Waals surface area contributed by atoms with E-state index in [9.17, 15) is 14.7 Å². The highest BCUT2D eigenvalue weighted by molar-refractivity contribution is 5.98. The van der Waals surface area contributed by atoms with Gasteiger partial charge in [0, 0.05) is 12.2 Å². The molecule has 2 aliphatic rings. The maximum absolute atomic E-state index is 12.9. The number of carboxylic acid groups (broad SMARTS) is 1. The molecule has 1 amide bonds. The Hall–Kier alpha value is -2.10. The van der Waals surface area contributed by atoms with Gasteiger partial charge in [-0.2, -0.15) is 0 Å². The Labute approximate surface area is 124 Å². The van der Waals surface area contributed by atoms with Crippen LogP contribution in [0.4, 0.5) is 5.69 Å². The fourth-order valence-electron chi connectivity index (χ4n) is 3.32. The van der Waals surface area contributed by atoms with Gasteiger partial charge in [-0.1, -0.05) is 30.4 Å². The number of rotatable bonds is 2. The predicted octanol–water partition coefficient (Wildman–Crippen LogP) is 2.63. The molecular weight excluding hydrogens is 266 g/mol. The molecule has 4 heteroatoms. The average Bonchev–Trinajstić information content (AvgIpc) is 2.53. The molecule has 21 heavy (non-hydrogen) atoms. The van der Waals surface area contributed by atoms with Crippen molar-refractivity contribution in [1.82, 2.24) is 0 Å². The Morgan fingerprint density at radius 2 is 1.81 bits per heavy atom. The zero-order valence-electron chi connectivity index (χ0n) is 11.9. The lowest BCUT2D eigenvalue weighted by Crippen LogP contribution is -2.44. The molecule has 0 bridgehead atoms. The molecule has 110 valence electrons. The second kappa shape index (κ2) is 5.72. The molecule has 1 aliphatic carbocycles. The summed E-state index contributed by atoms with van der Waals surface area (Å²) >= 11 is 0. The van der Waals surface area contributed by atoms with Crippen LogP contribution in [0.5, 0.6) is 0 Å². The van der Waals surface area contributed by atoms with Crippen molar-refractivity contribution < 1.29 is 14.7 Å². The summed E-state index contributed by atoms with van der Waals surface area (Å²) in [5, 5.41) is 9.35. The molecule has 0 spiro atoms. The topological polar surface area (TPSA) is 57.6 Å². The van der Waals surface area contributed by atoms with Gasteiger partial charge >= 0.3 is 5.97 Å². The highest BCUT2D eigenvalue weighted by atomic mass is 16.4. The first-order valence-electron chi connectivity index (χ1n) is 7.45. The molecule has 0 aromatic heterocycles. The van der Waals surface area contributed by atoms with Gasteiger partial charge in [-0.3, -0.25) is 9.59 Å². The maximum atomic E-state index is 12.9. The molecule has 0 saturated heterocycles. The van der Waals surface area contributed by atoms with Gasteiger partial charge in [0.2, 0.25) is 5.91 Å². The van der Waals surface area contributed by atoms with E-state index in [-0.39, 0.29) is 5.91 Å². The van der Waals surface area contributed by atoms with Gasteiger partial charge < -0.3 is 10.0 Å². The number of hydrogen-bond acceptors (Lipinski definition) is 2. The quantitative estimate of drug-likeness (QED) is 0.850. The SMILES string of the molecule is O=C(O)[C@@H]1CC=CC[C@@H]1C(=O)N1CCCc2ccccc21. The molecule has 4 nitrogen and oxygen atoms in total. The van der Waals surface area contributed by atoms with E-state index in [0.29, 0.717) is 19.4 Å². The number of amides is 1. The van der Waals surface area contributed by atoms with Crippen molar-refractivity contribution in [1.29, 1.82) is 0 Å². The molecular formula is C17H19NO3. The van der Waals surface area contributed by atoms with Crippen molar-refractivity contribution in [3.8, 4) is 0 Å². The summed E-state index contributed by atoms with van der Waals surface area (Å²) in [7, 11) is 0. The lowest BCUT2D eigenvalue weighted by atomic mass is 9.81. The van der Waals surface area contributed by atoms with E-state index in [1.165, 1.54) is 5.56 Å². The zero-order valence-corrected chi connectivity index (χ0v) is 11.9. The van der Waals surface area contributed by atoms with Gasteiger partial charge in [-0.15, -0.1) is 0 Å². The minimum atomic E-state index is -0.872. The number of benzene rings is 1. The van der Waals surface area contributed by atoms with E-state index in [0.717, 1.165) is 18.5 Å². The molecule has 0 radical (unpaired) electrons. The molecule has 1 aromatic carbocycles. The van der Waals surface area contributed by atoms with Crippen LogP contribution in [0.3, 0.4) is 0 Å². The van der Waals surface area contributed by atoms with E-state index in [1.807, 2.05) is 36.4 Å². The molecule has 0 unspecified atom stereocenters. The first-order valence-corrected chi connectivity index (χ1v) is 7.45. The second-order valence-corrected chi connectivity index (χ2v) is 5.72. The number of carbonyl (C=O) groups excluding carboxylic acids is 1. The predicted molar refractivity (Wildman–Crippen MR) is 80.1 cm³/mol. The number of allylic oxidation sites excluding steroid dienone is 2. The fourth-order valence-corrected chi connectivity index (χ4v) is 3.32. The highest BCUT2D eigenvalue weighted by Gasteiger charge is 2.37. The Kier molecular flexibility index (Phi) is 3.78.